The predicted molar refractivity (Wildman–Crippen MR) is 79.4 cm³/mol. The molecule has 4 heteroatoms. The van der Waals surface area contributed by atoms with E-state index in [1.54, 1.807) is 6.33 Å². The lowest BCUT2D eigenvalue weighted by molar-refractivity contribution is 0.548. The van der Waals surface area contributed by atoms with Crippen molar-refractivity contribution in [1.82, 2.24) is 14.8 Å². The fourth-order valence-corrected chi connectivity index (χ4v) is 2.98. The van der Waals surface area contributed by atoms with Crippen molar-refractivity contribution in [2.75, 3.05) is 0 Å². The Labute approximate surface area is 120 Å². The van der Waals surface area contributed by atoms with Gasteiger partial charge >= 0.3 is 0 Å². The number of fused-ring (bicyclic) bond motifs is 1. The van der Waals surface area contributed by atoms with Crippen LogP contribution >= 0.6 is 0 Å². The zero-order valence-electron chi connectivity index (χ0n) is 12.0. The molecule has 0 aliphatic heterocycles. The van der Waals surface area contributed by atoms with E-state index in [2.05, 4.69) is 35.2 Å². The van der Waals surface area contributed by atoms with E-state index in [4.69, 9.17) is 5.73 Å². The molecule has 1 aromatic carbocycles. The zero-order valence-corrected chi connectivity index (χ0v) is 12.0. The summed E-state index contributed by atoms with van der Waals surface area (Å²) in [4.78, 5) is 4.34. The van der Waals surface area contributed by atoms with Crippen molar-refractivity contribution in [3.8, 4) is 0 Å². The van der Waals surface area contributed by atoms with Crippen LogP contribution in [0.15, 0.2) is 24.5 Å². The first-order valence-corrected chi connectivity index (χ1v) is 7.52. The molecule has 106 valence electrons. The van der Waals surface area contributed by atoms with Crippen LogP contribution in [-0.4, -0.2) is 14.8 Å². The molecule has 1 aromatic heterocycles. The summed E-state index contributed by atoms with van der Waals surface area (Å²) in [7, 11) is 0. The normalized spacial score (nSPS) is 15.3. The van der Waals surface area contributed by atoms with Crippen LogP contribution in [0.3, 0.4) is 0 Å². The molecule has 1 aliphatic carbocycles. The van der Waals surface area contributed by atoms with Gasteiger partial charge in [-0.1, -0.05) is 25.1 Å². The van der Waals surface area contributed by atoms with Gasteiger partial charge in [0, 0.05) is 19.0 Å². The second kappa shape index (κ2) is 5.75. The number of benzene rings is 1. The molecule has 2 aromatic rings. The van der Waals surface area contributed by atoms with Gasteiger partial charge in [-0.15, -0.1) is 0 Å². The Morgan fingerprint density at radius 2 is 2.15 bits per heavy atom. The number of rotatable bonds is 5. The molecule has 0 bridgehead atoms. The van der Waals surface area contributed by atoms with Gasteiger partial charge in [0.05, 0.1) is 0 Å². The van der Waals surface area contributed by atoms with E-state index in [0.29, 0.717) is 0 Å². The lowest BCUT2D eigenvalue weighted by Gasteiger charge is -2.14. The van der Waals surface area contributed by atoms with Crippen LogP contribution in [-0.2, 0) is 25.8 Å². The highest BCUT2D eigenvalue weighted by Crippen LogP contribution is 2.25. The summed E-state index contributed by atoms with van der Waals surface area (Å²) in [6.07, 6.45) is 7.13. The Morgan fingerprint density at radius 3 is 3.00 bits per heavy atom. The minimum absolute atomic E-state index is 0.000654. The topological polar surface area (TPSA) is 56.7 Å². The van der Waals surface area contributed by atoms with E-state index in [1.807, 2.05) is 4.68 Å². The second-order valence-corrected chi connectivity index (χ2v) is 5.59. The minimum atomic E-state index is 0.000654. The van der Waals surface area contributed by atoms with Gasteiger partial charge in [-0.2, -0.15) is 5.10 Å². The number of aromatic nitrogens is 3. The van der Waals surface area contributed by atoms with Gasteiger partial charge in [0.25, 0.3) is 0 Å². The Bertz CT molecular complexity index is 588. The maximum atomic E-state index is 6.36. The molecule has 1 unspecified atom stereocenters. The van der Waals surface area contributed by atoms with Crippen LogP contribution in [0.5, 0.6) is 0 Å². The van der Waals surface area contributed by atoms with Gasteiger partial charge in [0.2, 0.25) is 0 Å². The van der Waals surface area contributed by atoms with Crippen molar-refractivity contribution in [2.24, 2.45) is 5.73 Å². The fourth-order valence-electron chi connectivity index (χ4n) is 2.98. The lowest BCUT2D eigenvalue weighted by Crippen LogP contribution is -2.17. The quantitative estimate of drug-likeness (QED) is 0.907. The van der Waals surface area contributed by atoms with Gasteiger partial charge in [-0.3, -0.25) is 4.68 Å². The van der Waals surface area contributed by atoms with Crippen molar-refractivity contribution < 1.29 is 0 Å². The molecule has 0 radical (unpaired) electrons. The van der Waals surface area contributed by atoms with Gasteiger partial charge in [-0.05, 0) is 42.4 Å². The maximum absolute atomic E-state index is 6.36. The van der Waals surface area contributed by atoms with E-state index in [-0.39, 0.29) is 6.04 Å². The van der Waals surface area contributed by atoms with Crippen LogP contribution in [0.4, 0.5) is 0 Å². The van der Waals surface area contributed by atoms with Crippen LogP contribution in [0.1, 0.15) is 48.3 Å². The molecule has 20 heavy (non-hydrogen) atoms. The first-order chi connectivity index (χ1) is 9.78. The lowest BCUT2D eigenvalue weighted by atomic mass is 9.99. The molecule has 2 N–H and O–H groups in total. The molecule has 0 saturated carbocycles. The van der Waals surface area contributed by atoms with Crippen LogP contribution in [0.25, 0.3) is 0 Å². The average Bonchev–Trinajstić information content (AvgIpc) is 3.07. The monoisotopic (exact) mass is 270 g/mol. The summed E-state index contributed by atoms with van der Waals surface area (Å²) in [6, 6.07) is 6.71. The number of hydrogen-bond acceptors (Lipinski definition) is 3. The van der Waals surface area contributed by atoms with E-state index >= 15 is 0 Å². The van der Waals surface area contributed by atoms with Crippen molar-refractivity contribution in [3.05, 3.63) is 47.0 Å². The van der Waals surface area contributed by atoms with Crippen molar-refractivity contribution in [3.63, 3.8) is 0 Å². The highest BCUT2D eigenvalue weighted by molar-refractivity contribution is 5.36. The largest absolute Gasteiger partial charge is 0.324 e. The van der Waals surface area contributed by atoms with Crippen molar-refractivity contribution >= 4 is 0 Å². The average molecular weight is 270 g/mol. The molecule has 0 fully saturated rings. The summed E-state index contributed by atoms with van der Waals surface area (Å²) in [5.41, 5.74) is 10.6. The number of aryl methyl sites for hydroxylation is 3. The Morgan fingerprint density at radius 1 is 1.30 bits per heavy atom. The molecule has 0 saturated heterocycles. The fraction of sp³-hybridized carbons (Fsp3) is 0.500. The molecule has 1 heterocycles. The zero-order chi connectivity index (χ0) is 13.9. The summed E-state index contributed by atoms with van der Waals surface area (Å²) in [6.45, 7) is 3.05. The summed E-state index contributed by atoms with van der Waals surface area (Å²) in [5, 5.41) is 4.26. The number of hydrogen-bond donors (Lipinski definition) is 1. The van der Waals surface area contributed by atoms with Crippen LogP contribution < -0.4 is 5.73 Å². The number of nitrogens with zero attached hydrogens (tertiary/aromatic N) is 3. The number of nitrogens with two attached hydrogens (primary N) is 1. The molecular weight excluding hydrogens is 248 g/mol. The molecule has 0 spiro atoms. The highest BCUT2D eigenvalue weighted by atomic mass is 15.3. The standard InChI is InChI=1S/C16H22N4/c1-2-8-20-16(18-11-19-20)10-15(17)14-7-6-12-4-3-5-13(12)9-14/h6-7,9,11,15H,2-5,8,10,17H2,1H3. The first kappa shape index (κ1) is 13.3. The second-order valence-electron chi connectivity index (χ2n) is 5.59. The van der Waals surface area contributed by atoms with Gasteiger partial charge < -0.3 is 5.73 Å². The van der Waals surface area contributed by atoms with E-state index < -0.39 is 0 Å². The molecule has 1 atom stereocenters. The molecule has 3 rings (SSSR count). The van der Waals surface area contributed by atoms with Gasteiger partial charge in [-0.25, -0.2) is 4.98 Å². The van der Waals surface area contributed by atoms with Crippen molar-refractivity contribution in [1.29, 1.82) is 0 Å². The maximum Gasteiger partial charge on any atom is 0.138 e. The third-order valence-electron chi connectivity index (χ3n) is 4.08. The van der Waals surface area contributed by atoms with Crippen molar-refractivity contribution in [2.45, 2.75) is 51.6 Å². The van der Waals surface area contributed by atoms with Gasteiger partial charge in [0.15, 0.2) is 0 Å². The Balaban J connectivity index is 1.75. The Kier molecular flexibility index (Phi) is 3.83. The van der Waals surface area contributed by atoms with Gasteiger partial charge in [0.1, 0.15) is 12.2 Å². The smallest absolute Gasteiger partial charge is 0.138 e. The summed E-state index contributed by atoms with van der Waals surface area (Å²) in [5.74, 6) is 0.986. The summed E-state index contributed by atoms with van der Waals surface area (Å²) >= 11 is 0. The minimum Gasteiger partial charge on any atom is -0.324 e. The first-order valence-electron chi connectivity index (χ1n) is 7.52. The third kappa shape index (κ3) is 2.61. The highest BCUT2D eigenvalue weighted by Gasteiger charge is 2.16. The summed E-state index contributed by atoms with van der Waals surface area (Å²) < 4.78 is 1.97. The van der Waals surface area contributed by atoms with E-state index in [9.17, 15) is 0 Å². The molecular formula is C16H22N4. The van der Waals surface area contributed by atoms with Crippen LogP contribution in [0, 0.1) is 0 Å². The Hall–Kier alpha value is -1.68. The van der Waals surface area contributed by atoms with E-state index in [0.717, 1.165) is 25.2 Å². The van der Waals surface area contributed by atoms with Crippen LogP contribution in [0.2, 0.25) is 0 Å². The third-order valence-corrected chi connectivity index (χ3v) is 4.08. The molecule has 0 amide bonds. The predicted octanol–water partition coefficient (Wildman–Crippen LogP) is 2.42. The molecule has 4 nitrogen and oxygen atoms in total. The van der Waals surface area contributed by atoms with E-state index in [1.165, 1.54) is 36.0 Å². The molecule has 1 aliphatic rings. The SMILES string of the molecule is CCCn1ncnc1CC(N)c1ccc2c(c1)CCC2.